The van der Waals surface area contributed by atoms with Gasteiger partial charge in [0, 0.05) is 11.6 Å². The SMILES string of the molecule is CCOC(=O)c1nc(-c2cc(F)cc(C(=O)OC)c2N)ccc1[N+](=O)[O-]. The van der Waals surface area contributed by atoms with Crippen LogP contribution in [-0.2, 0) is 9.47 Å². The van der Waals surface area contributed by atoms with Gasteiger partial charge in [0.2, 0.25) is 5.69 Å². The van der Waals surface area contributed by atoms with Gasteiger partial charge in [0.1, 0.15) is 5.82 Å². The summed E-state index contributed by atoms with van der Waals surface area (Å²) in [4.78, 5) is 37.9. The molecule has 2 aromatic rings. The van der Waals surface area contributed by atoms with E-state index < -0.39 is 34.1 Å². The highest BCUT2D eigenvalue weighted by molar-refractivity contribution is 5.99. The number of nitro groups is 1. The smallest absolute Gasteiger partial charge is 0.364 e. The average molecular weight is 363 g/mol. The molecule has 0 unspecified atom stereocenters. The Morgan fingerprint density at radius 2 is 2.00 bits per heavy atom. The van der Waals surface area contributed by atoms with Gasteiger partial charge in [-0.05, 0) is 25.1 Å². The molecule has 136 valence electrons. The van der Waals surface area contributed by atoms with Crippen LogP contribution in [0.4, 0.5) is 15.8 Å². The zero-order valence-electron chi connectivity index (χ0n) is 13.8. The summed E-state index contributed by atoms with van der Waals surface area (Å²) in [5, 5.41) is 11.1. The third kappa shape index (κ3) is 3.58. The fourth-order valence-corrected chi connectivity index (χ4v) is 2.21. The first-order valence-electron chi connectivity index (χ1n) is 7.30. The van der Waals surface area contributed by atoms with Crippen molar-refractivity contribution in [3.63, 3.8) is 0 Å². The van der Waals surface area contributed by atoms with E-state index >= 15 is 0 Å². The third-order valence-corrected chi connectivity index (χ3v) is 3.37. The number of ether oxygens (including phenoxy) is 2. The molecule has 9 nitrogen and oxygen atoms in total. The third-order valence-electron chi connectivity index (χ3n) is 3.37. The molecule has 0 fully saturated rings. The fourth-order valence-electron chi connectivity index (χ4n) is 2.21. The number of nitrogens with zero attached hydrogens (tertiary/aromatic N) is 2. The Hall–Kier alpha value is -3.56. The molecule has 10 heteroatoms. The van der Waals surface area contributed by atoms with Crippen LogP contribution >= 0.6 is 0 Å². The number of methoxy groups -OCH3 is 1. The highest BCUT2D eigenvalue weighted by Gasteiger charge is 2.25. The summed E-state index contributed by atoms with van der Waals surface area (Å²) in [5.41, 5.74) is 4.31. The van der Waals surface area contributed by atoms with Crippen LogP contribution in [0.1, 0.15) is 27.8 Å². The lowest BCUT2D eigenvalue weighted by Gasteiger charge is -2.11. The summed E-state index contributed by atoms with van der Waals surface area (Å²) in [7, 11) is 1.11. The van der Waals surface area contributed by atoms with E-state index in [4.69, 9.17) is 10.5 Å². The van der Waals surface area contributed by atoms with Gasteiger partial charge in [0.15, 0.2) is 0 Å². The van der Waals surface area contributed by atoms with Gasteiger partial charge in [-0.25, -0.2) is 19.0 Å². The molecule has 0 aliphatic heterocycles. The lowest BCUT2D eigenvalue weighted by atomic mass is 10.0. The van der Waals surface area contributed by atoms with E-state index in [2.05, 4.69) is 9.72 Å². The largest absolute Gasteiger partial charge is 0.465 e. The predicted molar refractivity (Wildman–Crippen MR) is 88.0 cm³/mol. The molecule has 2 rings (SSSR count). The number of benzene rings is 1. The van der Waals surface area contributed by atoms with Crippen molar-refractivity contribution in [3.8, 4) is 11.3 Å². The van der Waals surface area contributed by atoms with E-state index in [0.29, 0.717) is 0 Å². The maximum atomic E-state index is 13.9. The molecule has 0 amide bonds. The second-order valence-corrected chi connectivity index (χ2v) is 4.95. The first-order valence-corrected chi connectivity index (χ1v) is 7.30. The maximum Gasteiger partial charge on any atom is 0.364 e. The van der Waals surface area contributed by atoms with Gasteiger partial charge >= 0.3 is 17.6 Å². The van der Waals surface area contributed by atoms with Gasteiger partial charge in [-0.3, -0.25) is 10.1 Å². The lowest BCUT2D eigenvalue weighted by Crippen LogP contribution is -2.12. The topological polar surface area (TPSA) is 135 Å². The molecule has 0 saturated carbocycles. The Balaban J connectivity index is 2.68. The number of carbonyl (C=O) groups excluding carboxylic acids is 2. The van der Waals surface area contributed by atoms with E-state index in [1.54, 1.807) is 0 Å². The van der Waals surface area contributed by atoms with E-state index in [0.717, 1.165) is 25.3 Å². The Bertz CT molecular complexity index is 900. The van der Waals surface area contributed by atoms with Crippen molar-refractivity contribution in [3.05, 3.63) is 51.5 Å². The number of halogens is 1. The second kappa shape index (κ2) is 7.55. The van der Waals surface area contributed by atoms with Gasteiger partial charge in [-0.15, -0.1) is 0 Å². The average Bonchev–Trinajstić information content (AvgIpc) is 2.62. The zero-order chi connectivity index (χ0) is 19.4. The van der Waals surface area contributed by atoms with Crippen molar-refractivity contribution in [2.75, 3.05) is 19.5 Å². The van der Waals surface area contributed by atoms with Crippen molar-refractivity contribution in [1.82, 2.24) is 4.98 Å². The van der Waals surface area contributed by atoms with E-state index in [-0.39, 0.29) is 29.1 Å². The van der Waals surface area contributed by atoms with Crippen LogP contribution in [0.5, 0.6) is 0 Å². The van der Waals surface area contributed by atoms with Crippen LogP contribution < -0.4 is 5.73 Å². The normalized spacial score (nSPS) is 10.3. The zero-order valence-corrected chi connectivity index (χ0v) is 13.8. The molecule has 1 aromatic carbocycles. The summed E-state index contributed by atoms with van der Waals surface area (Å²) < 4.78 is 23.2. The summed E-state index contributed by atoms with van der Waals surface area (Å²) in [6.07, 6.45) is 0. The summed E-state index contributed by atoms with van der Waals surface area (Å²) in [5.74, 6) is -2.67. The van der Waals surface area contributed by atoms with E-state index in [1.165, 1.54) is 13.0 Å². The first-order chi connectivity index (χ1) is 12.3. The van der Waals surface area contributed by atoms with Crippen LogP contribution in [0.3, 0.4) is 0 Å². The number of carbonyl (C=O) groups is 2. The van der Waals surface area contributed by atoms with Crippen LogP contribution in [-0.4, -0.2) is 35.6 Å². The molecule has 0 bridgehead atoms. The summed E-state index contributed by atoms with van der Waals surface area (Å²) >= 11 is 0. The number of nitrogens with two attached hydrogens (primary N) is 1. The standard InChI is InChI=1S/C16H14FN3O6/c1-3-26-16(22)14-12(20(23)24)5-4-11(19-14)9-6-8(17)7-10(13(9)18)15(21)25-2/h4-7H,3,18H2,1-2H3. The minimum atomic E-state index is -1.01. The van der Waals surface area contributed by atoms with Gasteiger partial charge in [-0.2, -0.15) is 0 Å². The van der Waals surface area contributed by atoms with E-state index in [9.17, 15) is 24.1 Å². The van der Waals surface area contributed by atoms with Gasteiger partial charge in [0.05, 0.1) is 35.6 Å². The number of esters is 2. The Labute approximate surface area is 146 Å². The minimum Gasteiger partial charge on any atom is -0.465 e. The molecule has 0 saturated heterocycles. The number of anilines is 1. The van der Waals surface area contributed by atoms with Crippen molar-refractivity contribution in [1.29, 1.82) is 0 Å². The van der Waals surface area contributed by atoms with Crippen LogP contribution in [0.15, 0.2) is 24.3 Å². The van der Waals surface area contributed by atoms with Crippen molar-refractivity contribution < 1.29 is 28.4 Å². The van der Waals surface area contributed by atoms with Crippen molar-refractivity contribution >= 4 is 23.3 Å². The number of hydrogen-bond acceptors (Lipinski definition) is 8. The highest BCUT2D eigenvalue weighted by Crippen LogP contribution is 2.31. The monoisotopic (exact) mass is 363 g/mol. The summed E-state index contributed by atoms with van der Waals surface area (Å²) in [6, 6.07) is 4.09. The maximum absolute atomic E-state index is 13.9. The molecule has 1 aromatic heterocycles. The van der Waals surface area contributed by atoms with E-state index in [1.807, 2.05) is 0 Å². The van der Waals surface area contributed by atoms with Gasteiger partial charge in [0.25, 0.3) is 0 Å². The molecule has 0 atom stereocenters. The van der Waals surface area contributed by atoms with Gasteiger partial charge < -0.3 is 15.2 Å². The number of pyridine rings is 1. The van der Waals surface area contributed by atoms with Crippen LogP contribution in [0.2, 0.25) is 0 Å². The van der Waals surface area contributed by atoms with Crippen LogP contribution in [0.25, 0.3) is 11.3 Å². The van der Waals surface area contributed by atoms with Gasteiger partial charge in [-0.1, -0.05) is 0 Å². The Kier molecular flexibility index (Phi) is 5.45. The number of nitrogen functional groups attached to an aromatic ring is 1. The molecule has 0 spiro atoms. The molecular weight excluding hydrogens is 349 g/mol. The number of rotatable bonds is 5. The molecule has 2 N–H and O–H groups in total. The van der Waals surface area contributed by atoms with Crippen molar-refractivity contribution in [2.24, 2.45) is 0 Å². The van der Waals surface area contributed by atoms with Crippen LogP contribution in [0, 0.1) is 15.9 Å². The minimum absolute atomic E-state index is 0.0174. The highest BCUT2D eigenvalue weighted by atomic mass is 19.1. The second-order valence-electron chi connectivity index (χ2n) is 4.95. The number of hydrogen-bond donors (Lipinski definition) is 1. The molecule has 0 aliphatic rings. The summed E-state index contributed by atoms with van der Waals surface area (Å²) in [6.45, 7) is 1.51. The quantitative estimate of drug-likeness (QED) is 0.370. The molecule has 0 aliphatic carbocycles. The first kappa shape index (κ1) is 18.8. The molecule has 0 radical (unpaired) electrons. The molecular formula is C16H14FN3O6. The Morgan fingerprint density at radius 1 is 1.31 bits per heavy atom. The number of aromatic nitrogens is 1. The molecule has 26 heavy (non-hydrogen) atoms. The lowest BCUT2D eigenvalue weighted by molar-refractivity contribution is -0.385. The Morgan fingerprint density at radius 3 is 2.58 bits per heavy atom. The molecule has 1 heterocycles. The fraction of sp³-hybridized carbons (Fsp3) is 0.188. The predicted octanol–water partition coefficient (Wildman–Crippen LogP) is 2.34. The van der Waals surface area contributed by atoms with Crippen molar-refractivity contribution in [2.45, 2.75) is 6.92 Å².